The maximum Gasteiger partial charge on any atom is 0.260 e. The third-order valence-corrected chi connectivity index (χ3v) is 9.28. The van der Waals surface area contributed by atoms with Gasteiger partial charge in [0, 0.05) is 31.7 Å². The highest BCUT2D eigenvalue weighted by Gasteiger charge is 2.29. The summed E-state index contributed by atoms with van der Waals surface area (Å²) in [6.07, 6.45) is 0.689. The van der Waals surface area contributed by atoms with Gasteiger partial charge in [-0.15, -0.1) is 12.4 Å². The predicted molar refractivity (Wildman–Crippen MR) is 151 cm³/mol. The molecule has 37 heavy (non-hydrogen) atoms. The van der Waals surface area contributed by atoms with E-state index in [1.165, 1.54) is 33.3 Å². The number of para-hydroxylation sites is 1. The number of benzene rings is 3. The number of fused-ring (bicyclic) bond motifs is 2. The number of rotatable bonds is 7. The van der Waals surface area contributed by atoms with Gasteiger partial charge in [0.15, 0.2) is 5.13 Å². The molecular weight excluding hydrogens is 528 g/mol. The molecule has 0 spiro atoms. The lowest BCUT2D eigenvalue weighted by Crippen LogP contribution is -2.37. The summed E-state index contributed by atoms with van der Waals surface area (Å²) >= 11 is 1.47. The molecule has 5 rings (SSSR count). The summed E-state index contributed by atoms with van der Waals surface area (Å²) in [5.74, 6) is -0.202. The third-order valence-electron chi connectivity index (χ3n) is 6.36. The molecule has 7 nitrogen and oxygen atoms in total. The van der Waals surface area contributed by atoms with E-state index in [9.17, 15) is 13.2 Å². The molecular formula is C27H29ClN4O3S2. The second-order valence-electron chi connectivity index (χ2n) is 9.11. The molecule has 10 heteroatoms. The number of hydrogen-bond donors (Lipinski definition) is 0. The molecule has 1 aromatic heterocycles. The number of aromatic nitrogens is 1. The molecule has 0 saturated heterocycles. The van der Waals surface area contributed by atoms with Crippen molar-refractivity contribution in [3.8, 4) is 0 Å². The maximum absolute atomic E-state index is 13.5. The molecule has 0 atom stereocenters. The average Bonchev–Trinajstić information content (AvgIpc) is 3.32. The number of likely N-dealkylation sites (N-methyl/N-ethyl adjacent to an activating group) is 1. The molecule has 1 aliphatic rings. The highest BCUT2D eigenvalue weighted by atomic mass is 35.5. The van der Waals surface area contributed by atoms with Crippen LogP contribution in [0, 0.1) is 0 Å². The molecule has 4 aromatic rings. The van der Waals surface area contributed by atoms with Gasteiger partial charge in [-0.3, -0.25) is 9.69 Å². The first-order chi connectivity index (χ1) is 17.3. The van der Waals surface area contributed by atoms with Crippen LogP contribution in [0.3, 0.4) is 0 Å². The minimum absolute atomic E-state index is 0. The molecule has 0 N–H and O–H groups in total. The van der Waals surface area contributed by atoms with Crippen LogP contribution in [0.25, 0.3) is 10.2 Å². The minimum Gasteiger partial charge on any atom is -0.308 e. The molecule has 3 aromatic carbocycles. The van der Waals surface area contributed by atoms with Gasteiger partial charge in [-0.05, 0) is 68.0 Å². The number of halogens is 1. The molecule has 1 aliphatic heterocycles. The van der Waals surface area contributed by atoms with Crippen molar-refractivity contribution < 1.29 is 13.2 Å². The molecule has 0 aliphatic carbocycles. The summed E-state index contributed by atoms with van der Waals surface area (Å²) in [5.41, 5.74) is 3.50. The smallest absolute Gasteiger partial charge is 0.260 e. The van der Waals surface area contributed by atoms with Gasteiger partial charge in [-0.2, -0.15) is 4.31 Å². The van der Waals surface area contributed by atoms with Crippen molar-refractivity contribution in [2.45, 2.75) is 17.9 Å². The largest absolute Gasteiger partial charge is 0.308 e. The van der Waals surface area contributed by atoms with Gasteiger partial charge < -0.3 is 4.90 Å². The summed E-state index contributed by atoms with van der Waals surface area (Å²) in [6, 6.07) is 22.0. The Bertz CT molecular complexity index is 1470. The van der Waals surface area contributed by atoms with Gasteiger partial charge in [0.2, 0.25) is 10.0 Å². The molecule has 0 radical (unpaired) electrons. The van der Waals surface area contributed by atoms with Gasteiger partial charge in [0.25, 0.3) is 5.91 Å². The fourth-order valence-electron chi connectivity index (χ4n) is 4.31. The van der Waals surface area contributed by atoms with E-state index in [-0.39, 0.29) is 23.2 Å². The van der Waals surface area contributed by atoms with E-state index in [1.807, 2.05) is 67.5 Å². The van der Waals surface area contributed by atoms with Crippen LogP contribution in [0.5, 0.6) is 0 Å². The fraction of sp³-hybridized carbons (Fsp3) is 0.259. The van der Waals surface area contributed by atoms with Crippen LogP contribution in [0.4, 0.5) is 5.13 Å². The molecule has 2 heterocycles. The van der Waals surface area contributed by atoms with E-state index >= 15 is 0 Å². The Labute approximate surface area is 227 Å². The van der Waals surface area contributed by atoms with Gasteiger partial charge in [0.1, 0.15) is 0 Å². The van der Waals surface area contributed by atoms with Crippen LogP contribution in [-0.4, -0.2) is 62.2 Å². The van der Waals surface area contributed by atoms with Gasteiger partial charge >= 0.3 is 0 Å². The third kappa shape index (κ3) is 5.71. The summed E-state index contributed by atoms with van der Waals surface area (Å²) < 4.78 is 29.2. The van der Waals surface area contributed by atoms with Crippen molar-refractivity contribution in [3.63, 3.8) is 0 Å². The maximum atomic E-state index is 13.5. The monoisotopic (exact) mass is 556 g/mol. The average molecular weight is 557 g/mol. The molecule has 0 bridgehead atoms. The zero-order chi connectivity index (χ0) is 25.3. The number of nitrogens with zero attached hydrogens (tertiary/aromatic N) is 4. The highest BCUT2D eigenvalue weighted by molar-refractivity contribution is 7.89. The lowest BCUT2D eigenvalue weighted by atomic mass is 10.0. The van der Waals surface area contributed by atoms with E-state index in [2.05, 4.69) is 4.98 Å². The van der Waals surface area contributed by atoms with Crippen LogP contribution in [0.15, 0.2) is 77.7 Å². The molecule has 0 fully saturated rings. The van der Waals surface area contributed by atoms with Gasteiger partial charge in [-0.1, -0.05) is 47.7 Å². The summed E-state index contributed by atoms with van der Waals surface area (Å²) in [5, 5.41) is 0.631. The van der Waals surface area contributed by atoms with Crippen molar-refractivity contribution in [3.05, 3.63) is 89.5 Å². The Kier molecular flexibility index (Phi) is 8.30. The number of carbonyl (C=O) groups is 1. The summed E-state index contributed by atoms with van der Waals surface area (Å²) in [7, 11) is 0.249. The standard InChI is InChI=1S/C27H28N4O3S2.ClH/c1-29(2)17-18-31(27-28-24-9-5-6-10-25(24)35-27)26(32)21-11-13-23(14-12-21)36(33,34)30-16-15-20-7-3-4-8-22(20)19-30;/h3-14H,15-19H2,1-2H3;1H. The Hall–Kier alpha value is -2.82. The first kappa shape index (κ1) is 27.2. The Morgan fingerprint density at radius 1 is 0.946 bits per heavy atom. The lowest BCUT2D eigenvalue weighted by molar-refractivity contribution is 0.0985. The Morgan fingerprint density at radius 3 is 2.32 bits per heavy atom. The van der Waals surface area contributed by atoms with Crippen molar-refractivity contribution in [2.24, 2.45) is 0 Å². The first-order valence-corrected chi connectivity index (χ1v) is 14.1. The van der Waals surface area contributed by atoms with Gasteiger partial charge in [-0.25, -0.2) is 13.4 Å². The zero-order valence-corrected chi connectivity index (χ0v) is 23.2. The van der Waals surface area contributed by atoms with Crippen molar-refractivity contribution >= 4 is 55.0 Å². The minimum atomic E-state index is -3.67. The number of anilines is 1. The lowest BCUT2D eigenvalue weighted by Gasteiger charge is -2.28. The van der Waals surface area contributed by atoms with Crippen LogP contribution >= 0.6 is 23.7 Å². The van der Waals surface area contributed by atoms with Crippen LogP contribution in [0.1, 0.15) is 21.5 Å². The molecule has 194 valence electrons. The van der Waals surface area contributed by atoms with Crippen LogP contribution in [0.2, 0.25) is 0 Å². The van der Waals surface area contributed by atoms with Crippen molar-refractivity contribution in [1.29, 1.82) is 0 Å². The highest BCUT2D eigenvalue weighted by Crippen LogP contribution is 2.30. The SMILES string of the molecule is CN(C)CCN(C(=O)c1ccc(S(=O)(=O)N2CCc3ccccc3C2)cc1)c1nc2ccccc2s1.Cl. The van der Waals surface area contributed by atoms with Crippen molar-refractivity contribution in [2.75, 3.05) is 38.6 Å². The van der Waals surface area contributed by atoms with E-state index < -0.39 is 10.0 Å². The molecule has 1 amide bonds. The number of sulfonamides is 1. The second-order valence-corrected chi connectivity index (χ2v) is 12.1. The second kappa shape index (κ2) is 11.3. The molecule has 0 saturated carbocycles. The summed E-state index contributed by atoms with van der Waals surface area (Å²) in [6.45, 7) is 1.94. The first-order valence-electron chi connectivity index (χ1n) is 11.8. The number of thiazole rings is 1. The predicted octanol–water partition coefficient (Wildman–Crippen LogP) is 4.67. The van der Waals surface area contributed by atoms with E-state index in [1.54, 1.807) is 17.0 Å². The number of amides is 1. The van der Waals surface area contributed by atoms with Gasteiger partial charge in [0.05, 0.1) is 15.1 Å². The van der Waals surface area contributed by atoms with E-state index in [4.69, 9.17) is 0 Å². The van der Waals surface area contributed by atoms with Crippen LogP contribution in [-0.2, 0) is 23.0 Å². The molecule has 0 unspecified atom stereocenters. The van der Waals surface area contributed by atoms with E-state index in [0.29, 0.717) is 43.3 Å². The Balaban J connectivity index is 0.00000320. The van der Waals surface area contributed by atoms with Crippen LogP contribution < -0.4 is 4.90 Å². The summed E-state index contributed by atoms with van der Waals surface area (Å²) in [4.78, 5) is 22.1. The Morgan fingerprint density at radius 2 is 1.62 bits per heavy atom. The fourth-order valence-corrected chi connectivity index (χ4v) is 6.72. The topological polar surface area (TPSA) is 73.8 Å². The van der Waals surface area contributed by atoms with Crippen molar-refractivity contribution in [1.82, 2.24) is 14.2 Å². The van der Waals surface area contributed by atoms with E-state index in [0.717, 1.165) is 15.8 Å². The number of carbonyl (C=O) groups excluding carboxylic acids is 1. The number of hydrogen-bond acceptors (Lipinski definition) is 6. The normalized spacial score (nSPS) is 13.8. The zero-order valence-electron chi connectivity index (χ0n) is 20.7. The quantitative estimate of drug-likeness (QED) is 0.331.